The number of hydrogen-bond acceptors (Lipinski definition) is 2. The van der Waals surface area contributed by atoms with E-state index in [4.69, 9.17) is 27.9 Å². The Morgan fingerprint density at radius 2 is 1.95 bits per heavy atom. The molecular formula is C15H23Cl2NO. The van der Waals surface area contributed by atoms with Crippen molar-refractivity contribution in [2.75, 3.05) is 6.61 Å². The number of rotatable bonds is 8. The van der Waals surface area contributed by atoms with Crippen LogP contribution in [0.1, 0.15) is 45.6 Å². The molecule has 0 fully saturated rings. The van der Waals surface area contributed by atoms with E-state index in [0.717, 1.165) is 17.7 Å². The number of nitrogens with one attached hydrogen (secondary N) is 1. The lowest BCUT2D eigenvalue weighted by Crippen LogP contribution is -2.22. The molecule has 0 spiro atoms. The molecule has 0 heterocycles. The lowest BCUT2D eigenvalue weighted by Gasteiger charge is -2.15. The molecule has 1 aromatic carbocycles. The van der Waals surface area contributed by atoms with Gasteiger partial charge in [0.05, 0.1) is 11.6 Å². The summed E-state index contributed by atoms with van der Waals surface area (Å²) in [6.07, 6.45) is 3.40. The molecule has 0 unspecified atom stereocenters. The van der Waals surface area contributed by atoms with Crippen LogP contribution in [0.3, 0.4) is 0 Å². The number of halogens is 2. The van der Waals surface area contributed by atoms with Gasteiger partial charge in [-0.15, -0.1) is 0 Å². The SMILES string of the molecule is CCCCCOc1c(Cl)cc(Cl)cc1CNC(C)C. The Kier molecular flexibility index (Phi) is 7.59. The van der Waals surface area contributed by atoms with Crippen molar-refractivity contribution in [1.29, 1.82) is 0 Å². The molecule has 0 aromatic heterocycles. The van der Waals surface area contributed by atoms with Crippen LogP contribution in [-0.2, 0) is 6.54 Å². The van der Waals surface area contributed by atoms with Gasteiger partial charge >= 0.3 is 0 Å². The summed E-state index contributed by atoms with van der Waals surface area (Å²) in [5.41, 5.74) is 1.02. The number of ether oxygens (including phenoxy) is 1. The Labute approximate surface area is 126 Å². The molecule has 1 N–H and O–H groups in total. The topological polar surface area (TPSA) is 21.3 Å². The summed E-state index contributed by atoms with van der Waals surface area (Å²) in [4.78, 5) is 0. The molecule has 0 amide bonds. The summed E-state index contributed by atoms with van der Waals surface area (Å²) in [6, 6.07) is 4.06. The first-order valence-corrected chi connectivity index (χ1v) is 7.64. The van der Waals surface area contributed by atoms with E-state index in [2.05, 4.69) is 26.1 Å². The average molecular weight is 304 g/mol. The largest absolute Gasteiger partial charge is 0.492 e. The number of unbranched alkanes of at least 4 members (excludes halogenated alkanes) is 2. The van der Waals surface area contributed by atoms with Gasteiger partial charge in [-0.05, 0) is 18.6 Å². The Balaban J connectivity index is 2.74. The lowest BCUT2D eigenvalue weighted by molar-refractivity contribution is 0.302. The summed E-state index contributed by atoms with van der Waals surface area (Å²) in [7, 11) is 0. The highest BCUT2D eigenvalue weighted by Crippen LogP contribution is 2.32. The fourth-order valence-electron chi connectivity index (χ4n) is 1.75. The molecule has 1 aromatic rings. The molecule has 0 aliphatic carbocycles. The predicted octanol–water partition coefficient (Wildman–Crippen LogP) is 5.06. The third-order valence-electron chi connectivity index (χ3n) is 2.78. The van der Waals surface area contributed by atoms with Crippen LogP contribution < -0.4 is 10.1 Å². The molecule has 0 atom stereocenters. The molecule has 108 valence electrons. The maximum absolute atomic E-state index is 6.23. The Hall–Kier alpha value is -0.440. The Morgan fingerprint density at radius 3 is 2.58 bits per heavy atom. The fourth-order valence-corrected chi connectivity index (χ4v) is 2.34. The quantitative estimate of drug-likeness (QED) is 0.678. The Morgan fingerprint density at radius 1 is 1.21 bits per heavy atom. The van der Waals surface area contributed by atoms with Crippen molar-refractivity contribution in [3.05, 3.63) is 27.7 Å². The highest BCUT2D eigenvalue weighted by atomic mass is 35.5. The first kappa shape index (κ1) is 16.6. The minimum Gasteiger partial charge on any atom is -0.492 e. The fraction of sp³-hybridized carbons (Fsp3) is 0.600. The van der Waals surface area contributed by atoms with Crippen molar-refractivity contribution >= 4 is 23.2 Å². The minimum absolute atomic E-state index is 0.408. The van der Waals surface area contributed by atoms with Gasteiger partial charge in [-0.25, -0.2) is 0 Å². The summed E-state index contributed by atoms with van der Waals surface area (Å²) >= 11 is 12.3. The molecule has 0 aliphatic rings. The van der Waals surface area contributed by atoms with Gasteiger partial charge in [0, 0.05) is 23.2 Å². The van der Waals surface area contributed by atoms with E-state index in [1.165, 1.54) is 12.8 Å². The van der Waals surface area contributed by atoms with E-state index in [1.807, 2.05) is 6.07 Å². The first-order chi connectivity index (χ1) is 9.04. The molecule has 19 heavy (non-hydrogen) atoms. The maximum Gasteiger partial charge on any atom is 0.142 e. The molecule has 1 rings (SSSR count). The second kappa shape index (κ2) is 8.68. The van der Waals surface area contributed by atoms with Gasteiger partial charge < -0.3 is 10.1 Å². The van der Waals surface area contributed by atoms with Crippen LogP contribution in [0.5, 0.6) is 5.75 Å². The van der Waals surface area contributed by atoms with Crippen LogP contribution in [0, 0.1) is 0 Å². The van der Waals surface area contributed by atoms with E-state index < -0.39 is 0 Å². The lowest BCUT2D eigenvalue weighted by atomic mass is 10.2. The summed E-state index contributed by atoms with van der Waals surface area (Å²) in [5.74, 6) is 0.760. The second-order valence-electron chi connectivity index (χ2n) is 4.97. The van der Waals surface area contributed by atoms with Crippen molar-refractivity contribution in [2.24, 2.45) is 0 Å². The van der Waals surface area contributed by atoms with Crippen LogP contribution in [0.4, 0.5) is 0 Å². The van der Waals surface area contributed by atoms with Crippen LogP contribution in [0.15, 0.2) is 12.1 Å². The molecule has 4 heteroatoms. The molecule has 0 aliphatic heterocycles. The van der Waals surface area contributed by atoms with Crippen molar-refractivity contribution in [3.63, 3.8) is 0 Å². The molecular weight excluding hydrogens is 281 g/mol. The highest BCUT2D eigenvalue weighted by Gasteiger charge is 2.11. The first-order valence-electron chi connectivity index (χ1n) is 6.88. The zero-order valence-corrected chi connectivity index (χ0v) is 13.4. The predicted molar refractivity (Wildman–Crippen MR) is 83.5 cm³/mol. The summed E-state index contributed by atoms with van der Waals surface area (Å²) in [5, 5.41) is 4.59. The van der Waals surface area contributed by atoms with Crippen LogP contribution in [0.25, 0.3) is 0 Å². The average Bonchev–Trinajstić information content (AvgIpc) is 2.34. The van der Waals surface area contributed by atoms with Crippen molar-refractivity contribution in [3.8, 4) is 5.75 Å². The van der Waals surface area contributed by atoms with Crippen LogP contribution in [0.2, 0.25) is 10.0 Å². The van der Waals surface area contributed by atoms with Crippen molar-refractivity contribution in [1.82, 2.24) is 5.32 Å². The van der Waals surface area contributed by atoms with Crippen LogP contribution in [-0.4, -0.2) is 12.6 Å². The third-order valence-corrected chi connectivity index (χ3v) is 3.28. The van der Waals surface area contributed by atoms with Gasteiger partial charge in [-0.3, -0.25) is 0 Å². The second-order valence-corrected chi connectivity index (χ2v) is 5.81. The van der Waals surface area contributed by atoms with Crippen LogP contribution >= 0.6 is 23.2 Å². The minimum atomic E-state index is 0.408. The zero-order valence-electron chi connectivity index (χ0n) is 11.9. The zero-order chi connectivity index (χ0) is 14.3. The van der Waals surface area contributed by atoms with E-state index in [9.17, 15) is 0 Å². The van der Waals surface area contributed by atoms with Gasteiger partial charge in [0.1, 0.15) is 5.75 Å². The molecule has 0 radical (unpaired) electrons. The van der Waals surface area contributed by atoms with E-state index in [1.54, 1.807) is 6.07 Å². The van der Waals surface area contributed by atoms with Crippen molar-refractivity contribution < 1.29 is 4.74 Å². The smallest absolute Gasteiger partial charge is 0.142 e. The van der Waals surface area contributed by atoms with Crippen molar-refractivity contribution in [2.45, 2.75) is 52.6 Å². The van der Waals surface area contributed by atoms with Gasteiger partial charge in [0.15, 0.2) is 0 Å². The molecule has 0 bridgehead atoms. The maximum atomic E-state index is 6.23. The van der Waals surface area contributed by atoms with Gasteiger partial charge in [0.2, 0.25) is 0 Å². The number of benzene rings is 1. The monoisotopic (exact) mass is 303 g/mol. The summed E-state index contributed by atoms with van der Waals surface area (Å²) in [6.45, 7) is 7.79. The Bertz CT molecular complexity index is 394. The van der Waals surface area contributed by atoms with Gasteiger partial charge in [0.25, 0.3) is 0 Å². The number of hydrogen-bond donors (Lipinski definition) is 1. The molecule has 0 saturated heterocycles. The van der Waals surface area contributed by atoms with E-state index in [-0.39, 0.29) is 0 Å². The van der Waals surface area contributed by atoms with Gasteiger partial charge in [-0.1, -0.05) is 56.8 Å². The highest BCUT2D eigenvalue weighted by molar-refractivity contribution is 6.35. The molecule has 2 nitrogen and oxygen atoms in total. The van der Waals surface area contributed by atoms with E-state index in [0.29, 0.717) is 29.2 Å². The van der Waals surface area contributed by atoms with E-state index >= 15 is 0 Å². The third kappa shape index (κ3) is 6.03. The normalized spacial score (nSPS) is 11.1. The summed E-state index contributed by atoms with van der Waals surface area (Å²) < 4.78 is 5.83. The standard InChI is InChI=1S/C15H23Cl2NO/c1-4-5-6-7-19-15-12(10-18-11(2)3)8-13(16)9-14(15)17/h8-9,11,18H,4-7,10H2,1-3H3. The molecule has 0 saturated carbocycles. The van der Waals surface area contributed by atoms with Gasteiger partial charge in [-0.2, -0.15) is 0 Å².